The van der Waals surface area contributed by atoms with Crippen molar-refractivity contribution in [2.75, 3.05) is 18.0 Å². The van der Waals surface area contributed by atoms with Crippen LogP contribution in [-0.2, 0) is 6.42 Å². The number of halogens is 1. The van der Waals surface area contributed by atoms with Crippen molar-refractivity contribution in [2.45, 2.75) is 38.6 Å². The highest BCUT2D eigenvalue weighted by Crippen LogP contribution is 2.25. The Hall–Kier alpha value is -2.14. The van der Waals surface area contributed by atoms with Gasteiger partial charge in [0.15, 0.2) is 0 Å². The van der Waals surface area contributed by atoms with E-state index in [0.717, 1.165) is 24.5 Å². The predicted octanol–water partition coefficient (Wildman–Crippen LogP) is 3.48. The maximum atomic E-state index is 12.7. The Kier molecular flexibility index (Phi) is 5.87. The lowest BCUT2D eigenvalue weighted by molar-refractivity contribution is 0.0940. The molecule has 0 saturated carbocycles. The van der Waals surface area contributed by atoms with Gasteiger partial charge in [0.1, 0.15) is 0 Å². The number of piperidine rings is 1. The monoisotopic (exact) mass is 358 g/mol. The Morgan fingerprint density at radius 3 is 2.80 bits per heavy atom. The average Bonchev–Trinajstić information content (AvgIpc) is 2.63. The van der Waals surface area contributed by atoms with E-state index in [2.05, 4.69) is 20.2 Å². The number of nitrogens with one attached hydrogen (secondary N) is 1. The van der Waals surface area contributed by atoms with Crippen molar-refractivity contribution in [3.05, 3.63) is 53.1 Å². The second kappa shape index (κ2) is 8.30. The van der Waals surface area contributed by atoms with Crippen molar-refractivity contribution in [3.63, 3.8) is 0 Å². The molecule has 5 nitrogen and oxygen atoms in total. The first-order valence-electron chi connectivity index (χ1n) is 8.74. The first-order chi connectivity index (χ1) is 12.1. The van der Waals surface area contributed by atoms with Crippen LogP contribution < -0.4 is 10.2 Å². The van der Waals surface area contributed by atoms with Crippen molar-refractivity contribution in [3.8, 4) is 0 Å². The van der Waals surface area contributed by atoms with Crippen molar-refractivity contribution in [2.24, 2.45) is 0 Å². The minimum Gasteiger partial charge on any atom is -0.372 e. The van der Waals surface area contributed by atoms with Crippen molar-refractivity contribution in [1.29, 1.82) is 0 Å². The Morgan fingerprint density at radius 1 is 1.28 bits per heavy atom. The smallest absolute Gasteiger partial charge is 0.253 e. The van der Waals surface area contributed by atoms with Gasteiger partial charge in [-0.1, -0.05) is 11.6 Å². The Morgan fingerprint density at radius 2 is 2.08 bits per heavy atom. The number of hydrogen-bond acceptors (Lipinski definition) is 4. The molecule has 1 amide bonds. The van der Waals surface area contributed by atoms with Crippen LogP contribution in [0, 0.1) is 0 Å². The summed E-state index contributed by atoms with van der Waals surface area (Å²) in [5, 5.41) is 3.48. The molecule has 1 fully saturated rings. The zero-order chi connectivity index (χ0) is 17.6. The fourth-order valence-corrected chi connectivity index (χ4v) is 3.34. The third-order valence-corrected chi connectivity index (χ3v) is 4.75. The van der Waals surface area contributed by atoms with E-state index in [1.807, 2.05) is 25.1 Å². The quantitative estimate of drug-likeness (QED) is 0.889. The summed E-state index contributed by atoms with van der Waals surface area (Å²) < 4.78 is 0. The first-order valence-corrected chi connectivity index (χ1v) is 9.11. The third-order valence-electron chi connectivity index (χ3n) is 4.43. The molecule has 0 spiro atoms. The van der Waals surface area contributed by atoms with Crippen molar-refractivity contribution in [1.82, 2.24) is 15.3 Å². The summed E-state index contributed by atoms with van der Waals surface area (Å²) in [6.45, 7) is 4.02. The standard InChI is InChI=1S/C19H23ClN4O/c1-14(11-15-13-21-7-8-22-15)23-19(25)17-12-16(5-6-18(17)20)24-9-3-2-4-10-24/h5-8,12-14H,2-4,9-11H2,1H3,(H,23,25)/t14-/m1/s1. The molecule has 3 rings (SSSR count). The fraction of sp³-hybridized carbons (Fsp3) is 0.421. The highest BCUT2D eigenvalue weighted by Gasteiger charge is 2.17. The first kappa shape index (κ1) is 17.7. The van der Waals surface area contributed by atoms with Crippen molar-refractivity contribution < 1.29 is 4.79 Å². The average molecular weight is 359 g/mol. The molecule has 0 bridgehead atoms. The number of rotatable bonds is 5. The number of anilines is 1. The highest BCUT2D eigenvalue weighted by molar-refractivity contribution is 6.34. The van der Waals surface area contributed by atoms with E-state index in [0.29, 0.717) is 17.0 Å². The fourth-order valence-electron chi connectivity index (χ4n) is 3.14. The van der Waals surface area contributed by atoms with Gasteiger partial charge in [0.2, 0.25) is 0 Å². The van der Waals surface area contributed by atoms with Crippen LogP contribution >= 0.6 is 11.6 Å². The second-order valence-corrected chi connectivity index (χ2v) is 6.89. The largest absolute Gasteiger partial charge is 0.372 e. The van der Waals surface area contributed by atoms with Crippen LogP contribution in [0.5, 0.6) is 0 Å². The molecular formula is C19H23ClN4O. The number of carbonyl (C=O) groups is 1. The minimum absolute atomic E-state index is 0.0566. The van der Waals surface area contributed by atoms with Gasteiger partial charge in [-0.15, -0.1) is 0 Å². The van der Waals surface area contributed by atoms with Crippen LogP contribution in [0.15, 0.2) is 36.8 Å². The Bertz CT molecular complexity index is 717. The molecule has 1 aliphatic heterocycles. The molecule has 1 aromatic carbocycles. The van der Waals surface area contributed by atoms with E-state index >= 15 is 0 Å². The number of benzene rings is 1. The lowest BCUT2D eigenvalue weighted by atomic mass is 10.1. The van der Waals surface area contributed by atoms with Crippen molar-refractivity contribution >= 4 is 23.2 Å². The van der Waals surface area contributed by atoms with E-state index in [-0.39, 0.29) is 11.9 Å². The van der Waals surface area contributed by atoms with E-state index in [1.54, 1.807) is 18.6 Å². The van der Waals surface area contributed by atoms with Crippen LogP contribution in [0.1, 0.15) is 42.2 Å². The van der Waals surface area contributed by atoms with Crippen LogP contribution in [0.2, 0.25) is 5.02 Å². The summed E-state index contributed by atoms with van der Waals surface area (Å²) in [5.41, 5.74) is 2.44. The molecule has 0 aliphatic carbocycles. The molecule has 6 heteroatoms. The summed E-state index contributed by atoms with van der Waals surface area (Å²) in [6.07, 6.45) is 9.30. The zero-order valence-electron chi connectivity index (χ0n) is 14.4. The molecule has 25 heavy (non-hydrogen) atoms. The van der Waals surface area contributed by atoms with Gasteiger partial charge >= 0.3 is 0 Å². The Balaban J connectivity index is 1.68. The summed E-state index contributed by atoms with van der Waals surface area (Å²) in [6, 6.07) is 5.65. The lowest BCUT2D eigenvalue weighted by Gasteiger charge is -2.29. The summed E-state index contributed by atoms with van der Waals surface area (Å²) in [4.78, 5) is 23.3. The van der Waals surface area contributed by atoms with Gasteiger partial charge in [0, 0.05) is 49.8 Å². The highest BCUT2D eigenvalue weighted by atomic mass is 35.5. The topological polar surface area (TPSA) is 58.1 Å². The van der Waals surface area contributed by atoms with Crippen LogP contribution in [0.25, 0.3) is 0 Å². The van der Waals surface area contributed by atoms with Gasteiger partial charge in [-0.2, -0.15) is 0 Å². The number of hydrogen-bond donors (Lipinski definition) is 1. The second-order valence-electron chi connectivity index (χ2n) is 6.49. The molecule has 0 unspecified atom stereocenters. The third kappa shape index (κ3) is 4.69. The summed E-state index contributed by atoms with van der Waals surface area (Å²) in [7, 11) is 0. The summed E-state index contributed by atoms with van der Waals surface area (Å²) >= 11 is 6.27. The minimum atomic E-state index is -0.153. The lowest BCUT2D eigenvalue weighted by Crippen LogP contribution is -2.35. The summed E-state index contributed by atoms with van der Waals surface area (Å²) in [5.74, 6) is -0.153. The van der Waals surface area contributed by atoms with E-state index < -0.39 is 0 Å². The van der Waals surface area contributed by atoms with Gasteiger partial charge in [0.05, 0.1) is 16.3 Å². The molecule has 0 radical (unpaired) electrons. The van der Waals surface area contributed by atoms with E-state index in [9.17, 15) is 4.79 Å². The molecule has 1 atom stereocenters. The number of amides is 1. The number of carbonyl (C=O) groups excluding carboxylic acids is 1. The maximum absolute atomic E-state index is 12.7. The molecule has 1 aliphatic rings. The van der Waals surface area contributed by atoms with Gasteiger partial charge in [-0.25, -0.2) is 0 Å². The molecule has 2 aromatic rings. The zero-order valence-corrected chi connectivity index (χ0v) is 15.2. The molecule has 1 saturated heterocycles. The van der Waals surface area contributed by atoms with Gasteiger partial charge in [-0.05, 0) is 44.4 Å². The maximum Gasteiger partial charge on any atom is 0.253 e. The van der Waals surface area contributed by atoms with Crippen LogP contribution in [0.3, 0.4) is 0 Å². The number of aromatic nitrogens is 2. The van der Waals surface area contributed by atoms with E-state index in [1.165, 1.54) is 19.3 Å². The van der Waals surface area contributed by atoms with E-state index in [4.69, 9.17) is 11.6 Å². The van der Waals surface area contributed by atoms with Gasteiger partial charge in [0.25, 0.3) is 5.91 Å². The van der Waals surface area contributed by atoms with Gasteiger partial charge in [-0.3, -0.25) is 14.8 Å². The molecule has 1 aromatic heterocycles. The predicted molar refractivity (Wildman–Crippen MR) is 100 cm³/mol. The van der Waals surface area contributed by atoms with Gasteiger partial charge < -0.3 is 10.2 Å². The molecule has 2 heterocycles. The molecule has 1 N–H and O–H groups in total. The molecular weight excluding hydrogens is 336 g/mol. The van der Waals surface area contributed by atoms with Crippen LogP contribution in [-0.4, -0.2) is 35.0 Å². The normalized spacial score (nSPS) is 15.7. The SMILES string of the molecule is C[C@H](Cc1cnccn1)NC(=O)c1cc(N2CCCCC2)ccc1Cl. The number of nitrogens with zero attached hydrogens (tertiary/aromatic N) is 3. The van der Waals surface area contributed by atoms with Crippen LogP contribution in [0.4, 0.5) is 5.69 Å². The Labute approximate surface area is 153 Å². The molecule has 132 valence electrons.